The second-order valence-corrected chi connectivity index (χ2v) is 9.86. The summed E-state index contributed by atoms with van der Waals surface area (Å²) in [6, 6.07) is 7.21. The molecular weight excluding hydrogens is 495 g/mol. The number of carbonyl (C=O) groups is 1. The van der Waals surface area contributed by atoms with Gasteiger partial charge < -0.3 is 14.0 Å². The maximum Gasteiger partial charge on any atom is 0.406 e. The van der Waals surface area contributed by atoms with Crippen molar-refractivity contribution in [1.29, 1.82) is 0 Å². The van der Waals surface area contributed by atoms with Gasteiger partial charge in [0.1, 0.15) is 12.3 Å². The number of aryl methyl sites for hydroxylation is 1. The summed E-state index contributed by atoms with van der Waals surface area (Å²) in [4.78, 5) is 41.3. The van der Waals surface area contributed by atoms with Crippen molar-refractivity contribution >= 4 is 13.7 Å². The van der Waals surface area contributed by atoms with Crippen molar-refractivity contribution in [2.45, 2.75) is 44.2 Å². The number of aromatic amines is 1. The van der Waals surface area contributed by atoms with Crippen molar-refractivity contribution in [2.75, 3.05) is 20.8 Å². The van der Waals surface area contributed by atoms with E-state index in [0.717, 1.165) is 12.7 Å². The Morgan fingerprint density at radius 1 is 1.36 bits per heavy atom. The molecule has 15 heteroatoms. The van der Waals surface area contributed by atoms with Gasteiger partial charge in [-0.15, -0.1) is 0 Å². The number of ether oxygens (including phenoxy) is 2. The first-order chi connectivity index (χ1) is 17.2. The van der Waals surface area contributed by atoms with Gasteiger partial charge in [-0.2, -0.15) is 0 Å². The van der Waals surface area contributed by atoms with Crippen LogP contribution in [0.4, 0.5) is 0 Å². The topological polar surface area (TPSA) is 187 Å². The number of H-pyrrole nitrogens is 1. The highest BCUT2D eigenvalue weighted by molar-refractivity contribution is 7.51. The van der Waals surface area contributed by atoms with E-state index in [-0.39, 0.29) is 19.4 Å². The molecule has 1 saturated heterocycles. The number of nitrogens with one attached hydrogen (secondary N) is 2. The largest absolute Gasteiger partial charge is 0.468 e. The van der Waals surface area contributed by atoms with Crippen LogP contribution in [0.5, 0.6) is 0 Å². The fourth-order valence-corrected chi connectivity index (χ4v) is 4.91. The number of aromatic nitrogens is 2. The standard InChI is InChI=1S/C21H27N6O8P/c1-13-11-27(21(30)23-19(13)28)18-10-15(24-26-22)17(35-18)12-34-36(31,33-3)25-16(20(29)32-2)9-14-7-5-4-6-8-14/h4-8,11,15-18H,9-10,12H2,1-3H3,(H,25,31)(H,23,28,30)/t15-,16?,17+,18+,36?/m0/s1. The van der Waals surface area contributed by atoms with Gasteiger partial charge in [0.05, 0.1) is 25.9 Å². The normalized spacial score (nSPS) is 21.8. The molecule has 1 aliphatic heterocycles. The molecule has 1 aromatic carbocycles. The Morgan fingerprint density at radius 2 is 2.08 bits per heavy atom. The molecule has 1 fully saturated rings. The highest BCUT2D eigenvalue weighted by Crippen LogP contribution is 2.45. The summed E-state index contributed by atoms with van der Waals surface area (Å²) in [5, 5.41) is 6.30. The number of nitrogens with zero attached hydrogens (tertiary/aromatic N) is 4. The summed E-state index contributed by atoms with van der Waals surface area (Å²) in [6.07, 6.45) is -0.169. The molecular formula is C21H27N6O8P. The first-order valence-electron chi connectivity index (χ1n) is 10.9. The molecule has 2 unspecified atom stereocenters. The van der Waals surface area contributed by atoms with Gasteiger partial charge in [-0.1, -0.05) is 35.4 Å². The number of benzene rings is 1. The van der Waals surface area contributed by atoms with Crippen LogP contribution >= 0.6 is 7.75 Å². The summed E-state index contributed by atoms with van der Waals surface area (Å²) in [5.41, 5.74) is 8.82. The fourth-order valence-electron chi connectivity index (χ4n) is 3.70. The summed E-state index contributed by atoms with van der Waals surface area (Å²) < 4.78 is 35.7. The molecule has 0 amide bonds. The third-order valence-electron chi connectivity index (χ3n) is 5.59. The lowest BCUT2D eigenvalue weighted by Gasteiger charge is -2.24. The Morgan fingerprint density at radius 3 is 2.72 bits per heavy atom. The molecule has 0 aliphatic carbocycles. The van der Waals surface area contributed by atoms with Crippen LogP contribution in [0, 0.1) is 6.92 Å². The zero-order valence-electron chi connectivity index (χ0n) is 19.9. The quantitative estimate of drug-likeness (QED) is 0.146. The van der Waals surface area contributed by atoms with Crippen LogP contribution in [0.1, 0.15) is 23.8 Å². The average molecular weight is 522 g/mol. The zero-order valence-corrected chi connectivity index (χ0v) is 20.8. The number of esters is 1. The van der Waals surface area contributed by atoms with E-state index in [9.17, 15) is 18.9 Å². The molecule has 0 saturated carbocycles. The van der Waals surface area contributed by atoms with E-state index in [1.165, 1.54) is 24.8 Å². The third-order valence-corrected chi connectivity index (χ3v) is 7.19. The number of hydrogen-bond donors (Lipinski definition) is 2. The third kappa shape index (κ3) is 6.70. The van der Waals surface area contributed by atoms with Gasteiger partial charge in [0, 0.05) is 30.2 Å². The smallest absolute Gasteiger partial charge is 0.406 e. The van der Waals surface area contributed by atoms with Crippen LogP contribution < -0.4 is 16.3 Å². The molecule has 2 aromatic rings. The van der Waals surface area contributed by atoms with E-state index < -0.39 is 49.4 Å². The minimum atomic E-state index is -4.06. The highest BCUT2D eigenvalue weighted by Gasteiger charge is 2.39. The SMILES string of the molecule is COC(=O)C(Cc1ccccc1)NP(=O)(OC)OC[C@H]1O[C@@H](n2cc(C)c(=O)[nH]c2=O)C[C@@H]1N=[N+]=[N-]. The van der Waals surface area contributed by atoms with Crippen LogP contribution in [0.3, 0.4) is 0 Å². The van der Waals surface area contributed by atoms with Crippen molar-refractivity contribution in [3.8, 4) is 0 Å². The Hall–Kier alpha value is -3.25. The molecule has 2 heterocycles. The van der Waals surface area contributed by atoms with Gasteiger partial charge in [-0.25, -0.2) is 14.4 Å². The highest BCUT2D eigenvalue weighted by atomic mass is 31.2. The molecule has 1 aliphatic rings. The van der Waals surface area contributed by atoms with Crippen molar-refractivity contribution < 1.29 is 27.9 Å². The molecule has 1 aromatic heterocycles. The Labute approximate surface area is 205 Å². The van der Waals surface area contributed by atoms with Gasteiger partial charge in [0.15, 0.2) is 0 Å². The van der Waals surface area contributed by atoms with E-state index in [1.54, 1.807) is 24.3 Å². The number of rotatable bonds is 11. The lowest BCUT2D eigenvalue weighted by atomic mass is 10.1. The van der Waals surface area contributed by atoms with Crippen LogP contribution in [-0.4, -0.2) is 54.5 Å². The monoisotopic (exact) mass is 522 g/mol. The van der Waals surface area contributed by atoms with E-state index in [0.29, 0.717) is 5.56 Å². The van der Waals surface area contributed by atoms with Gasteiger partial charge in [-0.3, -0.25) is 23.7 Å². The molecule has 5 atom stereocenters. The molecule has 0 radical (unpaired) electrons. The summed E-state index contributed by atoms with van der Waals surface area (Å²) >= 11 is 0. The van der Waals surface area contributed by atoms with Crippen molar-refractivity contribution in [1.82, 2.24) is 14.6 Å². The van der Waals surface area contributed by atoms with Gasteiger partial charge >= 0.3 is 19.4 Å². The van der Waals surface area contributed by atoms with Gasteiger partial charge in [0.2, 0.25) is 0 Å². The fraction of sp³-hybridized carbons (Fsp3) is 0.476. The number of azide groups is 1. The Bertz CT molecular complexity index is 1280. The predicted molar refractivity (Wildman–Crippen MR) is 127 cm³/mol. The van der Waals surface area contributed by atoms with E-state index in [1.807, 2.05) is 6.07 Å². The second kappa shape index (κ2) is 12.1. The van der Waals surface area contributed by atoms with Crippen LogP contribution in [0.15, 0.2) is 51.2 Å². The van der Waals surface area contributed by atoms with E-state index >= 15 is 0 Å². The minimum absolute atomic E-state index is 0.104. The minimum Gasteiger partial charge on any atom is -0.468 e. The molecule has 2 N–H and O–H groups in total. The first-order valence-corrected chi connectivity index (χ1v) is 12.5. The van der Waals surface area contributed by atoms with E-state index in [4.69, 9.17) is 24.1 Å². The summed E-state index contributed by atoms with van der Waals surface area (Å²) in [5.74, 6) is -0.670. The molecule has 0 bridgehead atoms. The van der Waals surface area contributed by atoms with Crippen LogP contribution in [0.25, 0.3) is 10.4 Å². The number of hydrogen-bond acceptors (Lipinski definition) is 9. The average Bonchev–Trinajstić information content (AvgIpc) is 3.27. The van der Waals surface area contributed by atoms with Crippen LogP contribution in [0.2, 0.25) is 0 Å². The second-order valence-electron chi connectivity index (χ2n) is 7.99. The summed E-state index contributed by atoms with van der Waals surface area (Å²) in [6.45, 7) is 1.18. The summed E-state index contributed by atoms with van der Waals surface area (Å²) in [7, 11) is -1.70. The molecule has 36 heavy (non-hydrogen) atoms. The maximum atomic E-state index is 13.3. The lowest BCUT2D eigenvalue weighted by molar-refractivity contribution is -0.142. The molecule has 14 nitrogen and oxygen atoms in total. The molecule has 3 rings (SSSR count). The van der Waals surface area contributed by atoms with Crippen molar-refractivity contribution in [3.63, 3.8) is 0 Å². The zero-order chi connectivity index (χ0) is 26.3. The predicted octanol–water partition coefficient (Wildman–Crippen LogP) is 1.96. The molecule has 194 valence electrons. The van der Waals surface area contributed by atoms with Crippen molar-refractivity contribution in [3.05, 3.63) is 78.9 Å². The molecule has 0 spiro atoms. The Balaban J connectivity index is 1.74. The van der Waals surface area contributed by atoms with Crippen LogP contribution in [-0.2, 0) is 34.3 Å². The van der Waals surface area contributed by atoms with Crippen molar-refractivity contribution in [2.24, 2.45) is 5.11 Å². The Kier molecular flexibility index (Phi) is 9.21. The van der Waals surface area contributed by atoms with E-state index in [2.05, 4.69) is 20.1 Å². The maximum absolute atomic E-state index is 13.3. The van der Waals surface area contributed by atoms with Gasteiger partial charge in [-0.05, 0) is 24.4 Å². The van der Waals surface area contributed by atoms with Gasteiger partial charge in [0.25, 0.3) is 5.56 Å². The lowest BCUT2D eigenvalue weighted by Crippen LogP contribution is -2.39. The number of carbonyl (C=O) groups excluding carboxylic acids is 1. The first kappa shape index (κ1) is 27.3. The number of methoxy groups -OCH3 is 1.